The highest BCUT2D eigenvalue weighted by Gasteiger charge is 2.07. The molecule has 0 aliphatic heterocycles. The summed E-state index contributed by atoms with van der Waals surface area (Å²) >= 11 is 0. The van der Waals surface area contributed by atoms with Gasteiger partial charge in [0.05, 0.1) is 24.6 Å². The molecule has 0 heterocycles. The maximum absolute atomic E-state index is 5.75. The van der Waals surface area contributed by atoms with E-state index in [9.17, 15) is 0 Å². The van der Waals surface area contributed by atoms with Gasteiger partial charge in [-0.05, 0) is 63.6 Å². The van der Waals surface area contributed by atoms with Crippen LogP contribution >= 0.6 is 0 Å². The van der Waals surface area contributed by atoms with Crippen LogP contribution in [0.2, 0.25) is 0 Å². The average Bonchev–Trinajstić information content (AvgIpc) is 2.51. The molecule has 0 saturated carbocycles. The maximum atomic E-state index is 5.75. The minimum Gasteiger partial charge on any atom is -0.490 e. The van der Waals surface area contributed by atoms with E-state index in [-0.39, 0.29) is 6.10 Å². The molecule has 0 aliphatic carbocycles. The van der Waals surface area contributed by atoms with Gasteiger partial charge in [0.25, 0.3) is 0 Å². The van der Waals surface area contributed by atoms with Gasteiger partial charge < -0.3 is 9.47 Å². The van der Waals surface area contributed by atoms with Gasteiger partial charge in [-0.15, -0.1) is 0 Å². The van der Waals surface area contributed by atoms with Crippen LogP contribution in [-0.2, 0) is 0 Å². The molecule has 23 heavy (non-hydrogen) atoms. The molecule has 1 N–H and O–H groups in total. The summed E-state index contributed by atoms with van der Waals surface area (Å²) in [6.45, 7) is 8.60. The van der Waals surface area contributed by atoms with E-state index in [1.165, 1.54) is 5.56 Å². The Morgan fingerprint density at radius 1 is 1.09 bits per heavy atom. The van der Waals surface area contributed by atoms with Crippen LogP contribution in [0.25, 0.3) is 0 Å². The number of nitrogens with one attached hydrogen (secondary N) is 1. The van der Waals surface area contributed by atoms with E-state index in [4.69, 9.17) is 9.47 Å². The first-order chi connectivity index (χ1) is 11.1. The standard InChI is InChI=1S/C19H24N2O2/c1-5-22-19-12-16(8-11-18(19)23-14(2)3)13-20-21-17-9-6-15(4)7-10-17/h6-14,21H,5H2,1-4H3/b20-13+. The molecule has 0 fully saturated rings. The van der Waals surface area contributed by atoms with Crippen molar-refractivity contribution in [1.29, 1.82) is 0 Å². The topological polar surface area (TPSA) is 42.8 Å². The van der Waals surface area contributed by atoms with Gasteiger partial charge in [0.2, 0.25) is 0 Å². The van der Waals surface area contributed by atoms with E-state index < -0.39 is 0 Å². The largest absolute Gasteiger partial charge is 0.490 e. The number of benzene rings is 2. The third-order valence-corrected chi connectivity index (χ3v) is 3.09. The third-order valence-electron chi connectivity index (χ3n) is 3.09. The molecule has 122 valence electrons. The van der Waals surface area contributed by atoms with Crippen molar-refractivity contribution >= 4 is 11.9 Å². The summed E-state index contributed by atoms with van der Waals surface area (Å²) in [5.41, 5.74) is 6.14. The number of aryl methyl sites for hydroxylation is 1. The third kappa shape index (κ3) is 5.33. The van der Waals surface area contributed by atoms with Crippen LogP contribution < -0.4 is 14.9 Å². The first-order valence-corrected chi connectivity index (χ1v) is 7.87. The Morgan fingerprint density at radius 2 is 1.83 bits per heavy atom. The molecule has 2 aromatic carbocycles. The normalized spacial score (nSPS) is 11.0. The zero-order chi connectivity index (χ0) is 16.7. The summed E-state index contributed by atoms with van der Waals surface area (Å²) in [6.07, 6.45) is 1.87. The molecular formula is C19H24N2O2. The second-order valence-corrected chi connectivity index (χ2v) is 5.54. The molecule has 2 aromatic rings. The van der Waals surface area contributed by atoms with Crippen LogP contribution in [0.1, 0.15) is 31.9 Å². The number of nitrogens with zero attached hydrogens (tertiary/aromatic N) is 1. The molecule has 4 nitrogen and oxygen atoms in total. The van der Waals surface area contributed by atoms with E-state index in [0.717, 1.165) is 22.7 Å². The predicted molar refractivity (Wildman–Crippen MR) is 95.8 cm³/mol. The zero-order valence-corrected chi connectivity index (χ0v) is 14.2. The fourth-order valence-electron chi connectivity index (χ4n) is 2.03. The zero-order valence-electron chi connectivity index (χ0n) is 14.2. The second-order valence-electron chi connectivity index (χ2n) is 5.54. The van der Waals surface area contributed by atoms with E-state index in [0.29, 0.717) is 6.61 Å². The molecule has 0 unspecified atom stereocenters. The van der Waals surface area contributed by atoms with Crippen molar-refractivity contribution in [2.24, 2.45) is 5.10 Å². The van der Waals surface area contributed by atoms with Crippen molar-refractivity contribution in [3.8, 4) is 11.5 Å². The summed E-state index contributed by atoms with van der Waals surface area (Å²) in [4.78, 5) is 0. The van der Waals surface area contributed by atoms with Crippen molar-refractivity contribution in [2.75, 3.05) is 12.0 Å². The van der Waals surface area contributed by atoms with Crippen LogP contribution in [0.4, 0.5) is 5.69 Å². The molecule has 0 amide bonds. The highest BCUT2D eigenvalue weighted by atomic mass is 16.5. The molecule has 0 aliphatic rings. The lowest BCUT2D eigenvalue weighted by atomic mass is 10.2. The Hall–Kier alpha value is -2.49. The minimum absolute atomic E-state index is 0.108. The van der Waals surface area contributed by atoms with Gasteiger partial charge in [-0.2, -0.15) is 5.10 Å². The van der Waals surface area contributed by atoms with Crippen LogP contribution in [0.3, 0.4) is 0 Å². The molecule has 0 saturated heterocycles. The summed E-state index contributed by atoms with van der Waals surface area (Å²) in [6, 6.07) is 13.9. The molecule has 2 rings (SSSR count). The molecule has 0 bridgehead atoms. The Kier molecular flexibility index (Phi) is 6.03. The number of ether oxygens (including phenoxy) is 2. The van der Waals surface area contributed by atoms with E-state index in [2.05, 4.69) is 17.5 Å². The van der Waals surface area contributed by atoms with Gasteiger partial charge in [-0.25, -0.2) is 0 Å². The highest BCUT2D eigenvalue weighted by Crippen LogP contribution is 2.29. The Labute approximate surface area is 138 Å². The van der Waals surface area contributed by atoms with E-state index in [1.54, 1.807) is 6.21 Å². The predicted octanol–water partition coefficient (Wildman–Crippen LogP) is 4.63. The van der Waals surface area contributed by atoms with Crippen LogP contribution in [0.15, 0.2) is 47.6 Å². The number of hydrogen-bond donors (Lipinski definition) is 1. The van der Waals surface area contributed by atoms with Crippen molar-refractivity contribution in [3.05, 3.63) is 53.6 Å². The molecule has 0 aromatic heterocycles. The van der Waals surface area contributed by atoms with Gasteiger partial charge >= 0.3 is 0 Å². The smallest absolute Gasteiger partial charge is 0.161 e. The van der Waals surface area contributed by atoms with Gasteiger partial charge in [-0.3, -0.25) is 5.43 Å². The van der Waals surface area contributed by atoms with Crippen LogP contribution in [-0.4, -0.2) is 18.9 Å². The molecule has 4 heteroatoms. The number of hydrazone groups is 1. The average molecular weight is 312 g/mol. The summed E-state index contributed by atoms with van der Waals surface area (Å²) < 4.78 is 11.4. The maximum Gasteiger partial charge on any atom is 0.161 e. The molecule has 0 atom stereocenters. The molecule has 0 spiro atoms. The first kappa shape index (κ1) is 16.9. The van der Waals surface area contributed by atoms with Gasteiger partial charge in [0.15, 0.2) is 11.5 Å². The second kappa shape index (κ2) is 8.22. The van der Waals surface area contributed by atoms with Crippen molar-refractivity contribution in [3.63, 3.8) is 0 Å². The lowest BCUT2D eigenvalue weighted by Crippen LogP contribution is -2.07. The first-order valence-electron chi connectivity index (χ1n) is 7.87. The molecular weight excluding hydrogens is 288 g/mol. The Balaban J connectivity index is 2.08. The quantitative estimate of drug-likeness (QED) is 0.599. The van der Waals surface area contributed by atoms with Crippen molar-refractivity contribution < 1.29 is 9.47 Å². The van der Waals surface area contributed by atoms with Crippen molar-refractivity contribution in [2.45, 2.75) is 33.8 Å². The summed E-state index contributed by atoms with van der Waals surface area (Å²) in [5.74, 6) is 1.49. The number of rotatable bonds is 7. The van der Waals surface area contributed by atoms with Crippen molar-refractivity contribution in [1.82, 2.24) is 0 Å². The SMILES string of the molecule is CCOc1cc(/C=N/Nc2ccc(C)cc2)ccc1OC(C)C. The number of anilines is 1. The van der Waals surface area contributed by atoms with E-state index >= 15 is 0 Å². The monoisotopic (exact) mass is 312 g/mol. The fraction of sp³-hybridized carbons (Fsp3) is 0.316. The van der Waals surface area contributed by atoms with Crippen LogP contribution in [0, 0.1) is 6.92 Å². The number of hydrogen-bond acceptors (Lipinski definition) is 4. The summed E-state index contributed by atoms with van der Waals surface area (Å²) in [5, 5.41) is 4.26. The van der Waals surface area contributed by atoms with Crippen LogP contribution in [0.5, 0.6) is 11.5 Å². The highest BCUT2D eigenvalue weighted by molar-refractivity contribution is 5.81. The minimum atomic E-state index is 0.108. The lowest BCUT2D eigenvalue weighted by Gasteiger charge is -2.14. The van der Waals surface area contributed by atoms with E-state index in [1.807, 2.05) is 63.2 Å². The fourth-order valence-corrected chi connectivity index (χ4v) is 2.03. The summed E-state index contributed by atoms with van der Waals surface area (Å²) in [7, 11) is 0. The Morgan fingerprint density at radius 3 is 2.48 bits per heavy atom. The molecule has 0 radical (unpaired) electrons. The van der Waals surface area contributed by atoms with Gasteiger partial charge in [-0.1, -0.05) is 17.7 Å². The van der Waals surface area contributed by atoms with Gasteiger partial charge in [0.1, 0.15) is 0 Å². The lowest BCUT2D eigenvalue weighted by molar-refractivity contribution is 0.224. The Bertz CT molecular complexity index is 649. The van der Waals surface area contributed by atoms with Gasteiger partial charge in [0, 0.05) is 0 Å².